The number of para-hydroxylation sites is 1. The first kappa shape index (κ1) is 21.9. The predicted octanol–water partition coefficient (Wildman–Crippen LogP) is 2.44. The van der Waals surface area contributed by atoms with Crippen LogP contribution in [0, 0.1) is 6.92 Å². The smallest absolute Gasteiger partial charge is 0.255 e. The van der Waals surface area contributed by atoms with E-state index in [0.717, 1.165) is 27.7 Å². The molecule has 0 radical (unpaired) electrons. The summed E-state index contributed by atoms with van der Waals surface area (Å²) in [5.74, 6) is -0.344. The molecule has 0 saturated carbocycles. The highest BCUT2D eigenvalue weighted by Gasteiger charge is 2.39. The Bertz CT molecular complexity index is 1350. The molecule has 2 aliphatic heterocycles. The Labute approximate surface area is 196 Å². The summed E-state index contributed by atoms with van der Waals surface area (Å²) in [6.45, 7) is 2.24. The Kier molecular flexibility index (Phi) is 5.65. The highest BCUT2D eigenvalue weighted by Crippen LogP contribution is 2.28. The van der Waals surface area contributed by atoms with E-state index in [1.807, 2.05) is 43.3 Å². The molecule has 2 aromatic carbocycles. The van der Waals surface area contributed by atoms with Crippen molar-refractivity contribution in [2.24, 2.45) is 0 Å². The molecule has 1 atom stereocenters. The Morgan fingerprint density at radius 3 is 2.76 bits per heavy atom. The normalized spacial score (nSPS) is 17.7. The van der Waals surface area contributed by atoms with Gasteiger partial charge in [0.05, 0.1) is 11.9 Å². The first-order valence-electron chi connectivity index (χ1n) is 11.4. The molecule has 1 N–H and O–H groups in total. The Morgan fingerprint density at radius 1 is 1.12 bits per heavy atom. The summed E-state index contributed by atoms with van der Waals surface area (Å²) in [7, 11) is 0. The minimum absolute atomic E-state index is 0.0522. The molecule has 0 spiro atoms. The van der Waals surface area contributed by atoms with Crippen molar-refractivity contribution in [1.82, 2.24) is 20.2 Å². The fraction of sp³-hybridized carbons (Fsp3) is 0.308. The molecule has 5 rings (SSSR count). The number of nitrogens with zero attached hydrogens (tertiary/aromatic N) is 3. The van der Waals surface area contributed by atoms with Crippen LogP contribution in [-0.2, 0) is 33.8 Å². The number of hydrogen-bond acceptors (Lipinski definition) is 6. The summed E-state index contributed by atoms with van der Waals surface area (Å²) < 4.78 is 0. The molecule has 0 bridgehead atoms. The SMILES string of the molecule is Cc1nc(CC(=O)CCc2ccc3c(c2)CN(C2CCC(=O)NC2=O)C3=O)nc2ccccc12. The van der Waals surface area contributed by atoms with Gasteiger partial charge in [-0.2, -0.15) is 0 Å². The number of benzene rings is 2. The van der Waals surface area contributed by atoms with Gasteiger partial charge in [0.25, 0.3) is 5.91 Å². The molecule has 172 valence electrons. The number of amides is 3. The van der Waals surface area contributed by atoms with Crippen LogP contribution in [0.1, 0.15) is 52.3 Å². The molecule has 0 aliphatic carbocycles. The molecule has 1 unspecified atom stereocenters. The molecule has 3 aromatic rings. The van der Waals surface area contributed by atoms with E-state index in [0.29, 0.717) is 37.2 Å². The van der Waals surface area contributed by atoms with Gasteiger partial charge in [-0.3, -0.25) is 24.5 Å². The summed E-state index contributed by atoms with van der Waals surface area (Å²) in [4.78, 5) is 59.6. The van der Waals surface area contributed by atoms with E-state index in [1.165, 1.54) is 4.90 Å². The number of piperidine rings is 1. The summed E-state index contributed by atoms with van der Waals surface area (Å²) in [5.41, 5.74) is 4.06. The Balaban J connectivity index is 1.23. The second kappa shape index (κ2) is 8.78. The molecule has 3 amide bonds. The number of Topliss-reactive ketones (excluding diaryl/α,β-unsaturated/α-hetero) is 1. The molecule has 1 fully saturated rings. The van der Waals surface area contributed by atoms with Crippen molar-refractivity contribution in [3.63, 3.8) is 0 Å². The summed E-state index contributed by atoms with van der Waals surface area (Å²) >= 11 is 0. The lowest BCUT2D eigenvalue weighted by atomic mass is 10.0. The quantitative estimate of drug-likeness (QED) is 0.571. The third kappa shape index (κ3) is 4.19. The van der Waals surface area contributed by atoms with Crippen LogP contribution in [0.5, 0.6) is 0 Å². The molecule has 34 heavy (non-hydrogen) atoms. The number of aromatic nitrogens is 2. The maximum absolute atomic E-state index is 12.8. The number of ketones is 1. The van der Waals surface area contributed by atoms with Gasteiger partial charge >= 0.3 is 0 Å². The number of imide groups is 1. The molecule has 1 saturated heterocycles. The number of rotatable bonds is 6. The number of carbonyl (C=O) groups is 4. The van der Waals surface area contributed by atoms with Gasteiger partial charge in [-0.25, -0.2) is 9.97 Å². The number of aryl methyl sites for hydroxylation is 2. The molecular weight excluding hydrogens is 432 g/mol. The number of fused-ring (bicyclic) bond motifs is 2. The number of carbonyl (C=O) groups excluding carboxylic acids is 4. The van der Waals surface area contributed by atoms with Crippen molar-refractivity contribution >= 4 is 34.4 Å². The maximum Gasteiger partial charge on any atom is 0.255 e. The fourth-order valence-electron chi connectivity index (χ4n) is 4.71. The molecule has 8 nitrogen and oxygen atoms in total. The molecular formula is C26H24N4O4. The lowest BCUT2D eigenvalue weighted by Crippen LogP contribution is -2.52. The Hall–Kier alpha value is -3.94. The van der Waals surface area contributed by atoms with E-state index in [1.54, 1.807) is 6.07 Å². The predicted molar refractivity (Wildman–Crippen MR) is 124 cm³/mol. The van der Waals surface area contributed by atoms with Crippen LogP contribution in [0.25, 0.3) is 10.9 Å². The van der Waals surface area contributed by atoms with Crippen molar-refractivity contribution in [1.29, 1.82) is 0 Å². The molecule has 8 heteroatoms. The van der Waals surface area contributed by atoms with E-state index >= 15 is 0 Å². The third-order valence-electron chi connectivity index (χ3n) is 6.48. The topological polar surface area (TPSA) is 109 Å². The minimum Gasteiger partial charge on any atom is -0.322 e. The van der Waals surface area contributed by atoms with Gasteiger partial charge in [0.15, 0.2) is 0 Å². The van der Waals surface area contributed by atoms with Crippen LogP contribution >= 0.6 is 0 Å². The highest BCUT2D eigenvalue weighted by molar-refractivity contribution is 6.05. The van der Waals surface area contributed by atoms with Gasteiger partial charge in [0.2, 0.25) is 11.8 Å². The first-order chi connectivity index (χ1) is 16.4. The van der Waals surface area contributed by atoms with Crippen LogP contribution < -0.4 is 5.32 Å². The van der Waals surface area contributed by atoms with Crippen molar-refractivity contribution in [3.8, 4) is 0 Å². The van der Waals surface area contributed by atoms with E-state index in [2.05, 4.69) is 15.3 Å². The molecule has 1 aromatic heterocycles. The zero-order valence-electron chi connectivity index (χ0n) is 18.8. The second-order valence-electron chi connectivity index (χ2n) is 8.85. The minimum atomic E-state index is -0.631. The monoisotopic (exact) mass is 456 g/mol. The van der Waals surface area contributed by atoms with Gasteiger partial charge in [-0.1, -0.05) is 30.3 Å². The summed E-state index contributed by atoms with van der Waals surface area (Å²) in [5, 5.41) is 3.30. The number of nitrogens with one attached hydrogen (secondary N) is 1. The summed E-state index contributed by atoms with van der Waals surface area (Å²) in [6, 6.07) is 12.7. The zero-order valence-corrected chi connectivity index (χ0v) is 18.8. The average Bonchev–Trinajstić information content (AvgIpc) is 3.13. The van der Waals surface area contributed by atoms with Gasteiger partial charge in [0.1, 0.15) is 17.6 Å². The van der Waals surface area contributed by atoms with Crippen molar-refractivity contribution in [3.05, 3.63) is 70.7 Å². The van der Waals surface area contributed by atoms with Crippen LogP contribution in [0.2, 0.25) is 0 Å². The zero-order chi connectivity index (χ0) is 23.8. The lowest BCUT2D eigenvalue weighted by Gasteiger charge is -2.29. The average molecular weight is 457 g/mol. The second-order valence-corrected chi connectivity index (χ2v) is 8.85. The molecule has 3 heterocycles. The van der Waals surface area contributed by atoms with Gasteiger partial charge in [-0.05, 0) is 43.0 Å². The van der Waals surface area contributed by atoms with Crippen LogP contribution in [0.15, 0.2) is 42.5 Å². The summed E-state index contributed by atoms with van der Waals surface area (Å²) in [6.07, 6.45) is 1.63. The molecule has 2 aliphatic rings. The van der Waals surface area contributed by atoms with E-state index in [-0.39, 0.29) is 30.4 Å². The number of hydrogen-bond donors (Lipinski definition) is 1. The van der Waals surface area contributed by atoms with Crippen molar-refractivity contribution in [2.45, 2.75) is 51.6 Å². The van der Waals surface area contributed by atoms with Crippen LogP contribution in [0.3, 0.4) is 0 Å². The van der Waals surface area contributed by atoms with E-state index in [4.69, 9.17) is 0 Å². The maximum atomic E-state index is 12.8. The van der Waals surface area contributed by atoms with Crippen molar-refractivity contribution in [2.75, 3.05) is 0 Å². The van der Waals surface area contributed by atoms with Gasteiger partial charge < -0.3 is 4.90 Å². The standard InChI is InChI=1S/C26H24N4O4/c1-15-19-4-2-3-5-21(19)28-23(27-15)13-18(31)8-6-16-7-9-20-17(12-16)14-30(26(20)34)22-10-11-24(32)29-25(22)33/h2-5,7,9,12,22H,6,8,10-11,13-14H2,1H3,(H,29,32,33). The van der Waals surface area contributed by atoms with Crippen molar-refractivity contribution < 1.29 is 19.2 Å². The van der Waals surface area contributed by atoms with Crippen LogP contribution in [0.4, 0.5) is 0 Å². The fourth-order valence-corrected chi connectivity index (χ4v) is 4.71. The van der Waals surface area contributed by atoms with Crippen LogP contribution in [-0.4, -0.2) is 44.4 Å². The Morgan fingerprint density at radius 2 is 1.94 bits per heavy atom. The van der Waals surface area contributed by atoms with E-state index in [9.17, 15) is 19.2 Å². The first-order valence-corrected chi connectivity index (χ1v) is 11.4. The van der Waals surface area contributed by atoms with E-state index < -0.39 is 11.9 Å². The largest absolute Gasteiger partial charge is 0.322 e. The van der Waals surface area contributed by atoms with Gasteiger partial charge in [-0.15, -0.1) is 0 Å². The third-order valence-corrected chi connectivity index (χ3v) is 6.48. The lowest BCUT2D eigenvalue weighted by molar-refractivity contribution is -0.137. The van der Waals surface area contributed by atoms with Gasteiger partial charge in [0, 0.05) is 36.0 Å². The highest BCUT2D eigenvalue weighted by atomic mass is 16.2.